The van der Waals surface area contributed by atoms with Crippen LogP contribution >= 0.6 is 11.8 Å². The quantitative estimate of drug-likeness (QED) is 0.584. The van der Waals surface area contributed by atoms with Gasteiger partial charge in [-0.15, -0.1) is 11.8 Å². The molecule has 0 aliphatic heterocycles. The highest BCUT2D eigenvalue weighted by molar-refractivity contribution is 8.00. The zero-order valence-electron chi connectivity index (χ0n) is 10.3. The number of thioether (sulfide) groups is 1. The highest BCUT2D eigenvalue weighted by Crippen LogP contribution is 2.22. The van der Waals surface area contributed by atoms with Crippen LogP contribution in [0.1, 0.15) is 12.5 Å². The van der Waals surface area contributed by atoms with Crippen LogP contribution in [0.3, 0.4) is 0 Å². The lowest BCUT2D eigenvalue weighted by Crippen LogP contribution is -2.26. The van der Waals surface area contributed by atoms with E-state index in [-0.39, 0.29) is 0 Å². The van der Waals surface area contributed by atoms with E-state index < -0.39 is 0 Å². The average Bonchev–Trinajstić information content (AvgIpc) is 2.28. The maximum Gasteiger partial charge on any atom is 0.0587 e. The predicted molar refractivity (Wildman–Crippen MR) is 71.2 cm³/mol. The number of rotatable bonds is 7. The normalized spacial score (nSPS) is 12.7. The summed E-state index contributed by atoms with van der Waals surface area (Å²) in [6, 6.07) is 8.69. The van der Waals surface area contributed by atoms with Gasteiger partial charge in [-0.25, -0.2) is 0 Å². The largest absolute Gasteiger partial charge is 0.383 e. The van der Waals surface area contributed by atoms with Gasteiger partial charge in [0.2, 0.25) is 0 Å². The molecule has 0 aliphatic carbocycles. The van der Waals surface area contributed by atoms with Gasteiger partial charge in [-0.2, -0.15) is 0 Å². The fourth-order valence-corrected chi connectivity index (χ4v) is 2.33. The minimum Gasteiger partial charge on any atom is -0.383 e. The summed E-state index contributed by atoms with van der Waals surface area (Å²) >= 11 is 1.91. The van der Waals surface area contributed by atoms with Crippen molar-refractivity contribution in [2.75, 3.05) is 26.8 Å². The van der Waals surface area contributed by atoms with E-state index in [9.17, 15) is 0 Å². The van der Waals surface area contributed by atoms with E-state index in [4.69, 9.17) is 4.74 Å². The summed E-state index contributed by atoms with van der Waals surface area (Å²) in [6.45, 7) is 7.08. The molecule has 0 aliphatic rings. The van der Waals surface area contributed by atoms with Crippen LogP contribution in [0.2, 0.25) is 0 Å². The van der Waals surface area contributed by atoms with Crippen molar-refractivity contribution in [1.29, 1.82) is 0 Å². The Hall–Kier alpha value is -0.510. The number of benzene rings is 1. The van der Waals surface area contributed by atoms with Crippen LogP contribution in [-0.4, -0.2) is 32.1 Å². The summed E-state index contributed by atoms with van der Waals surface area (Å²) in [5.74, 6) is 0. The van der Waals surface area contributed by atoms with Crippen molar-refractivity contribution in [2.24, 2.45) is 0 Å². The second-order valence-electron chi connectivity index (χ2n) is 3.94. The zero-order valence-corrected chi connectivity index (χ0v) is 11.1. The van der Waals surface area contributed by atoms with Crippen LogP contribution in [0.4, 0.5) is 0 Å². The van der Waals surface area contributed by atoms with Crippen molar-refractivity contribution in [3.8, 4) is 0 Å². The molecule has 2 nitrogen and oxygen atoms in total. The predicted octanol–water partition coefficient (Wildman–Crippen LogP) is 2.71. The summed E-state index contributed by atoms with van der Waals surface area (Å²) in [6.07, 6.45) is 0. The minimum atomic E-state index is 0.583. The molecule has 1 atom stereocenters. The molecule has 0 aromatic heterocycles. The maximum absolute atomic E-state index is 4.99. The molecule has 1 aromatic carbocycles. The number of hydrogen-bond donors (Lipinski definition) is 1. The van der Waals surface area contributed by atoms with E-state index in [0.717, 1.165) is 19.7 Å². The molecular formula is C13H21NOS. The van der Waals surface area contributed by atoms with Gasteiger partial charge in [0.25, 0.3) is 0 Å². The molecule has 1 rings (SSSR count). The molecule has 0 bridgehead atoms. The van der Waals surface area contributed by atoms with Crippen LogP contribution in [0.15, 0.2) is 29.2 Å². The molecular weight excluding hydrogens is 218 g/mol. The van der Waals surface area contributed by atoms with Crippen molar-refractivity contribution in [1.82, 2.24) is 5.32 Å². The van der Waals surface area contributed by atoms with Crippen molar-refractivity contribution in [3.63, 3.8) is 0 Å². The molecule has 0 amide bonds. The van der Waals surface area contributed by atoms with Gasteiger partial charge in [0.05, 0.1) is 6.61 Å². The van der Waals surface area contributed by atoms with E-state index in [1.54, 1.807) is 7.11 Å². The summed E-state index contributed by atoms with van der Waals surface area (Å²) in [4.78, 5) is 1.34. The molecule has 0 heterocycles. The first kappa shape index (κ1) is 13.6. The van der Waals surface area contributed by atoms with Crippen LogP contribution in [0, 0.1) is 6.92 Å². The van der Waals surface area contributed by atoms with Crippen molar-refractivity contribution in [3.05, 3.63) is 29.8 Å². The molecule has 0 spiro atoms. The maximum atomic E-state index is 4.99. The van der Waals surface area contributed by atoms with Gasteiger partial charge in [0, 0.05) is 30.3 Å². The number of ether oxygens (including phenoxy) is 1. The molecule has 90 valence electrons. The molecule has 3 heteroatoms. The Kier molecular flexibility index (Phi) is 6.53. The number of hydrogen-bond acceptors (Lipinski definition) is 3. The SMILES string of the molecule is COCCNCC(C)Sc1ccc(C)cc1. The second kappa shape index (κ2) is 7.71. The Morgan fingerprint density at radius 2 is 2.00 bits per heavy atom. The molecule has 0 saturated heterocycles. The lowest BCUT2D eigenvalue weighted by atomic mass is 10.2. The van der Waals surface area contributed by atoms with Gasteiger partial charge in [-0.1, -0.05) is 24.6 Å². The molecule has 0 fully saturated rings. The monoisotopic (exact) mass is 239 g/mol. The molecule has 0 radical (unpaired) electrons. The van der Waals surface area contributed by atoms with Crippen molar-refractivity contribution in [2.45, 2.75) is 24.0 Å². The third kappa shape index (κ3) is 5.54. The van der Waals surface area contributed by atoms with E-state index in [0.29, 0.717) is 5.25 Å². The summed E-state index contributed by atoms with van der Waals surface area (Å²) in [7, 11) is 1.73. The second-order valence-corrected chi connectivity index (χ2v) is 5.45. The van der Waals surface area contributed by atoms with Crippen molar-refractivity contribution >= 4 is 11.8 Å². The summed E-state index contributed by atoms with van der Waals surface area (Å²) in [5.41, 5.74) is 1.32. The Morgan fingerprint density at radius 3 is 2.62 bits per heavy atom. The minimum absolute atomic E-state index is 0.583. The molecule has 1 N–H and O–H groups in total. The van der Waals surface area contributed by atoms with E-state index in [2.05, 4.69) is 43.4 Å². The van der Waals surface area contributed by atoms with E-state index in [1.807, 2.05) is 11.8 Å². The fourth-order valence-electron chi connectivity index (χ4n) is 1.37. The van der Waals surface area contributed by atoms with Crippen LogP contribution < -0.4 is 5.32 Å². The lowest BCUT2D eigenvalue weighted by Gasteiger charge is -2.12. The van der Waals surface area contributed by atoms with Gasteiger partial charge in [-0.3, -0.25) is 0 Å². The third-order valence-corrected chi connectivity index (χ3v) is 3.39. The first-order valence-corrected chi connectivity index (χ1v) is 6.53. The Balaban J connectivity index is 2.23. The molecule has 1 unspecified atom stereocenters. The van der Waals surface area contributed by atoms with Crippen LogP contribution in [-0.2, 0) is 4.74 Å². The Labute approximate surface area is 103 Å². The molecule has 0 saturated carbocycles. The van der Waals surface area contributed by atoms with Crippen LogP contribution in [0.5, 0.6) is 0 Å². The number of nitrogens with one attached hydrogen (secondary N) is 1. The highest BCUT2D eigenvalue weighted by atomic mass is 32.2. The molecule has 16 heavy (non-hydrogen) atoms. The lowest BCUT2D eigenvalue weighted by molar-refractivity contribution is 0.199. The van der Waals surface area contributed by atoms with Gasteiger partial charge in [0.15, 0.2) is 0 Å². The third-order valence-electron chi connectivity index (χ3n) is 2.27. The van der Waals surface area contributed by atoms with Gasteiger partial charge in [0.1, 0.15) is 0 Å². The summed E-state index contributed by atoms with van der Waals surface area (Å²) in [5, 5.41) is 3.95. The first-order valence-electron chi connectivity index (χ1n) is 5.65. The topological polar surface area (TPSA) is 21.3 Å². The first-order chi connectivity index (χ1) is 7.72. The smallest absolute Gasteiger partial charge is 0.0587 e. The highest BCUT2D eigenvalue weighted by Gasteiger charge is 2.03. The zero-order chi connectivity index (χ0) is 11.8. The number of methoxy groups -OCH3 is 1. The van der Waals surface area contributed by atoms with Crippen molar-refractivity contribution < 1.29 is 4.74 Å². The molecule has 1 aromatic rings. The Morgan fingerprint density at radius 1 is 1.31 bits per heavy atom. The van der Waals surface area contributed by atoms with Gasteiger partial charge < -0.3 is 10.1 Å². The summed E-state index contributed by atoms with van der Waals surface area (Å²) < 4.78 is 4.99. The van der Waals surface area contributed by atoms with E-state index in [1.165, 1.54) is 10.5 Å². The fraction of sp³-hybridized carbons (Fsp3) is 0.538. The van der Waals surface area contributed by atoms with Gasteiger partial charge >= 0.3 is 0 Å². The van der Waals surface area contributed by atoms with Crippen LogP contribution in [0.25, 0.3) is 0 Å². The van der Waals surface area contributed by atoms with E-state index >= 15 is 0 Å². The standard InChI is InChI=1S/C13H21NOS/c1-11-4-6-13(7-5-11)16-12(2)10-14-8-9-15-3/h4-7,12,14H,8-10H2,1-3H3. The van der Waals surface area contributed by atoms with Gasteiger partial charge in [-0.05, 0) is 19.1 Å². The Bertz CT molecular complexity index is 286. The average molecular weight is 239 g/mol. The number of aryl methyl sites for hydroxylation is 1.